The van der Waals surface area contributed by atoms with Crippen LogP contribution in [-0.2, 0) is 11.2 Å². The van der Waals surface area contributed by atoms with E-state index in [0.29, 0.717) is 13.2 Å². The first kappa shape index (κ1) is 12.4. The third kappa shape index (κ3) is 3.77. The lowest BCUT2D eigenvalue weighted by molar-refractivity contribution is 0.205. The summed E-state index contributed by atoms with van der Waals surface area (Å²) < 4.78 is 5.07. The van der Waals surface area contributed by atoms with E-state index >= 15 is 0 Å². The van der Waals surface area contributed by atoms with Crippen molar-refractivity contribution in [1.82, 2.24) is 4.98 Å². The highest BCUT2D eigenvalue weighted by Gasteiger charge is 2.09. The van der Waals surface area contributed by atoms with Crippen LogP contribution >= 0.6 is 11.3 Å². The van der Waals surface area contributed by atoms with E-state index in [1.165, 1.54) is 0 Å². The second kappa shape index (κ2) is 6.76. The van der Waals surface area contributed by atoms with Gasteiger partial charge in [-0.25, -0.2) is 4.98 Å². The van der Waals surface area contributed by atoms with E-state index < -0.39 is 0 Å². The average Bonchev–Trinajstić information content (AvgIpc) is 2.72. The number of nitrogens with two attached hydrogens (primary N) is 1. The molecule has 1 rings (SSSR count). The average molecular weight is 229 g/mol. The molecule has 0 saturated carbocycles. The van der Waals surface area contributed by atoms with E-state index in [-0.39, 0.29) is 0 Å². The monoisotopic (exact) mass is 229 g/mol. The summed E-state index contributed by atoms with van der Waals surface area (Å²) in [6.07, 6.45) is 0.983. The predicted molar refractivity (Wildman–Crippen MR) is 64.6 cm³/mol. The predicted octanol–water partition coefficient (Wildman–Crippen LogP) is 1.12. The molecule has 0 fully saturated rings. The Labute approximate surface area is 95.1 Å². The number of aryl methyl sites for hydroxylation is 1. The molecule has 0 saturated heterocycles. The standard InChI is InChI=1S/C10H19N3OS/c1-3-9-8-15-10(12-9)13(5-4-11)6-7-14-2/h8H,3-7,11H2,1-2H3. The van der Waals surface area contributed by atoms with Crippen LogP contribution in [0.25, 0.3) is 0 Å². The van der Waals surface area contributed by atoms with Gasteiger partial charge in [0, 0.05) is 32.1 Å². The summed E-state index contributed by atoms with van der Waals surface area (Å²) >= 11 is 1.68. The topological polar surface area (TPSA) is 51.4 Å². The molecule has 1 heterocycles. The molecule has 0 aliphatic carbocycles. The lowest BCUT2D eigenvalue weighted by Crippen LogP contribution is -2.32. The number of aromatic nitrogens is 1. The Morgan fingerprint density at radius 1 is 1.53 bits per heavy atom. The zero-order valence-corrected chi connectivity index (χ0v) is 10.2. The smallest absolute Gasteiger partial charge is 0.185 e. The summed E-state index contributed by atoms with van der Waals surface area (Å²) in [7, 11) is 1.71. The number of thiazole rings is 1. The Kier molecular flexibility index (Phi) is 5.60. The Balaban J connectivity index is 2.60. The Bertz CT molecular complexity index is 277. The zero-order chi connectivity index (χ0) is 11.1. The van der Waals surface area contributed by atoms with Gasteiger partial charge >= 0.3 is 0 Å². The molecule has 0 aliphatic rings. The summed E-state index contributed by atoms with van der Waals surface area (Å²) in [6.45, 7) is 5.15. The van der Waals surface area contributed by atoms with Gasteiger partial charge in [-0.2, -0.15) is 0 Å². The molecule has 1 aromatic rings. The van der Waals surface area contributed by atoms with Crippen molar-refractivity contribution in [2.75, 3.05) is 38.3 Å². The molecule has 1 aromatic heterocycles. The zero-order valence-electron chi connectivity index (χ0n) is 9.40. The molecule has 0 atom stereocenters. The fourth-order valence-corrected chi connectivity index (χ4v) is 2.23. The number of rotatable bonds is 7. The highest BCUT2D eigenvalue weighted by Crippen LogP contribution is 2.20. The molecular weight excluding hydrogens is 210 g/mol. The van der Waals surface area contributed by atoms with E-state index in [9.17, 15) is 0 Å². The van der Waals surface area contributed by atoms with Crippen LogP contribution in [0.1, 0.15) is 12.6 Å². The number of hydrogen-bond acceptors (Lipinski definition) is 5. The maximum atomic E-state index is 5.57. The first-order valence-electron chi connectivity index (χ1n) is 5.20. The summed E-state index contributed by atoms with van der Waals surface area (Å²) in [5.74, 6) is 0. The summed E-state index contributed by atoms with van der Waals surface area (Å²) in [5, 5.41) is 3.15. The summed E-state index contributed by atoms with van der Waals surface area (Å²) in [5.41, 5.74) is 6.72. The molecule has 4 nitrogen and oxygen atoms in total. The van der Waals surface area contributed by atoms with Crippen LogP contribution in [0.2, 0.25) is 0 Å². The van der Waals surface area contributed by atoms with Gasteiger partial charge in [-0.05, 0) is 6.42 Å². The normalized spacial score (nSPS) is 10.6. The van der Waals surface area contributed by atoms with E-state index in [2.05, 4.69) is 22.2 Å². The highest BCUT2D eigenvalue weighted by molar-refractivity contribution is 7.13. The maximum Gasteiger partial charge on any atom is 0.185 e. The molecular formula is C10H19N3OS. The van der Waals surface area contributed by atoms with E-state index in [1.54, 1.807) is 18.4 Å². The number of nitrogens with zero attached hydrogens (tertiary/aromatic N) is 2. The first-order valence-corrected chi connectivity index (χ1v) is 6.08. The van der Waals surface area contributed by atoms with Crippen molar-refractivity contribution in [3.8, 4) is 0 Å². The van der Waals surface area contributed by atoms with Crippen molar-refractivity contribution < 1.29 is 4.74 Å². The minimum atomic E-state index is 0.644. The molecule has 0 unspecified atom stereocenters. The molecule has 0 spiro atoms. The number of anilines is 1. The van der Waals surface area contributed by atoms with Crippen molar-refractivity contribution >= 4 is 16.5 Å². The first-order chi connectivity index (χ1) is 7.31. The Morgan fingerprint density at radius 2 is 2.33 bits per heavy atom. The second-order valence-electron chi connectivity index (χ2n) is 3.24. The molecule has 0 aromatic carbocycles. The molecule has 15 heavy (non-hydrogen) atoms. The van der Waals surface area contributed by atoms with Gasteiger partial charge in [0.25, 0.3) is 0 Å². The van der Waals surface area contributed by atoms with Gasteiger partial charge in [0.2, 0.25) is 0 Å². The van der Waals surface area contributed by atoms with Crippen LogP contribution in [0.4, 0.5) is 5.13 Å². The maximum absolute atomic E-state index is 5.57. The van der Waals surface area contributed by atoms with Gasteiger partial charge in [-0.3, -0.25) is 0 Å². The van der Waals surface area contributed by atoms with Crippen LogP contribution in [0.15, 0.2) is 5.38 Å². The Morgan fingerprint density at radius 3 is 2.87 bits per heavy atom. The van der Waals surface area contributed by atoms with Gasteiger partial charge in [0.05, 0.1) is 12.3 Å². The molecule has 0 bridgehead atoms. The minimum absolute atomic E-state index is 0.644. The van der Waals surface area contributed by atoms with Gasteiger partial charge in [0.15, 0.2) is 5.13 Å². The van der Waals surface area contributed by atoms with E-state index in [0.717, 1.165) is 30.3 Å². The molecule has 2 N–H and O–H groups in total. The van der Waals surface area contributed by atoms with Crippen LogP contribution in [0, 0.1) is 0 Å². The highest BCUT2D eigenvalue weighted by atomic mass is 32.1. The van der Waals surface area contributed by atoms with Crippen molar-refractivity contribution in [2.24, 2.45) is 5.73 Å². The summed E-state index contributed by atoms with van der Waals surface area (Å²) in [6, 6.07) is 0. The van der Waals surface area contributed by atoms with Crippen molar-refractivity contribution in [2.45, 2.75) is 13.3 Å². The van der Waals surface area contributed by atoms with Gasteiger partial charge in [-0.15, -0.1) is 11.3 Å². The third-order valence-electron chi connectivity index (χ3n) is 2.14. The van der Waals surface area contributed by atoms with E-state index in [1.807, 2.05) is 0 Å². The van der Waals surface area contributed by atoms with Crippen molar-refractivity contribution in [3.05, 3.63) is 11.1 Å². The molecule has 5 heteroatoms. The number of hydrogen-bond donors (Lipinski definition) is 1. The van der Waals surface area contributed by atoms with Gasteiger partial charge in [-0.1, -0.05) is 6.92 Å². The SMILES string of the molecule is CCc1csc(N(CCN)CCOC)n1. The van der Waals surface area contributed by atoms with E-state index in [4.69, 9.17) is 10.5 Å². The quantitative estimate of drug-likeness (QED) is 0.761. The van der Waals surface area contributed by atoms with Crippen molar-refractivity contribution in [1.29, 1.82) is 0 Å². The molecule has 0 radical (unpaired) electrons. The lowest BCUT2D eigenvalue weighted by atomic mass is 10.4. The summed E-state index contributed by atoms with van der Waals surface area (Å²) in [4.78, 5) is 6.71. The van der Waals surface area contributed by atoms with Crippen molar-refractivity contribution in [3.63, 3.8) is 0 Å². The third-order valence-corrected chi connectivity index (χ3v) is 3.09. The fourth-order valence-electron chi connectivity index (χ4n) is 1.26. The van der Waals surface area contributed by atoms with Crippen LogP contribution < -0.4 is 10.6 Å². The Hall–Kier alpha value is -0.650. The number of methoxy groups -OCH3 is 1. The van der Waals surface area contributed by atoms with Gasteiger partial charge in [0.1, 0.15) is 0 Å². The minimum Gasteiger partial charge on any atom is -0.383 e. The van der Waals surface area contributed by atoms with Crippen LogP contribution in [-0.4, -0.2) is 38.3 Å². The molecule has 0 aliphatic heterocycles. The fraction of sp³-hybridized carbons (Fsp3) is 0.700. The van der Waals surface area contributed by atoms with Gasteiger partial charge < -0.3 is 15.4 Å². The number of ether oxygens (including phenoxy) is 1. The lowest BCUT2D eigenvalue weighted by Gasteiger charge is -2.20. The molecule has 86 valence electrons. The van der Waals surface area contributed by atoms with Crippen LogP contribution in [0.5, 0.6) is 0 Å². The molecule has 0 amide bonds. The largest absolute Gasteiger partial charge is 0.383 e. The van der Waals surface area contributed by atoms with Crippen LogP contribution in [0.3, 0.4) is 0 Å². The second-order valence-corrected chi connectivity index (χ2v) is 4.08.